The molecule has 0 rings (SSSR count). The summed E-state index contributed by atoms with van der Waals surface area (Å²) in [5.41, 5.74) is 0. The van der Waals surface area contributed by atoms with E-state index in [9.17, 15) is 0 Å². The molecule has 0 fully saturated rings. The topological polar surface area (TPSA) is 9.23 Å². The third kappa shape index (κ3) is 6.66. The van der Waals surface area contributed by atoms with Gasteiger partial charge in [-0.15, -0.1) is 0 Å². The minimum atomic E-state index is 0.830. The average Bonchev–Trinajstić information content (AvgIpc) is 2.02. The number of hydrogen-bond donors (Lipinski definition) is 0. The van der Waals surface area contributed by atoms with Gasteiger partial charge >= 0.3 is 0 Å². The molecule has 1 atom stereocenters. The second kappa shape index (κ2) is 7.60. The second-order valence-electron chi connectivity index (χ2n) is 3.89. The lowest BCUT2D eigenvalue weighted by Gasteiger charge is -2.16. The van der Waals surface area contributed by atoms with Gasteiger partial charge in [-0.05, 0) is 31.6 Å². The highest BCUT2D eigenvalue weighted by Crippen LogP contribution is 2.18. The van der Waals surface area contributed by atoms with Crippen LogP contribution in [0.25, 0.3) is 0 Å². The van der Waals surface area contributed by atoms with Crippen LogP contribution in [0.2, 0.25) is 0 Å². The maximum absolute atomic E-state index is 5.35. The second-order valence-corrected chi connectivity index (χ2v) is 3.89. The van der Waals surface area contributed by atoms with E-state index in [0.717, 1.165) is 25.0 Å². The summed E-state index contributed by atoms with van der Waals surface area (Å²) in [6, 6.07) is 0. The first-order valence-electron chi connectivity index (χ1n) is 5.28. The molecule has 0 N–H and O–H groups in total. The first-order valence-corrected chi connectivity index (χ1v) is 5.28. The Morgan fingerprint density at radius 2 is 1.83 bits per heavy atom. The van der Waals surface area contributed by atoms with Gasteiger partial charge in [0, 0.05) is 13.2 Å². The van der Waals surface area contributed by atoms with E-state index in [1.54, 1.807) is 0 Å². The maximum Gasteiger partial charge on any atom is 0.0468 e. The van der Waals surface area contributed by atoms with Gasteiger partial charge in [0.25, 0.3) is 0 Å². The highest BCUT2D eigenvalue weighted by atomic mass is 16.5. The summed E-state index contributed by atoms with van der Waals surface area (Å²) in [6.45, 7) is 10.7. The van der Waals surface area contributed by atoms with E-state index in [2.05, 4.69) is 27.7 Å². The zero-order valence-corrected chi connectivity index (χ0v) is 9.10. The zero-order chi connectivity index (χ0) is 9.40. The van der Waals surface area contributed by atoms with E-state index in [0.29, 0.717) is 0 Å². The third-order valence-corrected chi connectivity index (χ3v) is 2.26. The fourth-order valence-corrected chi connectivity index (χ4v) is 1.55. The molecule has 0 saturated carbocycles. The van der Waals surface area contributed by atoms with Gasteiger partial charge in [-0.2, -0.15) is 0 Å². The first kappa shape index (κ1) is 12.0. The fraction of sp³-hybridized carbons (Fsp3) is 1.00. The van der Waals surface area contributed by atoms with Gasteiger partial charge in [-0.25, -0.2) is 0 Å². The molecule has 0 aromatic carbocycles. The van der Waals surface area contributed by atoms with E-state index >= 15 is 0 Å². The van der Waals surface area contributed by atoms with E-state index in [4.69, 9.17) is 4.74 Å². The molecular formula is C11H24O. The van der Waals surface area contributed by atoms with Crippen molar-refractivity contribution >= 4 is 0 Å². The van der Waals surface area contributed by atoms with Crippen LogP contribution in [0.3, 0.4) is 0 Å². The Labute approximate surface area is 77.5 Å². The van der Waals surface area contributed by atoms with Crippen LogP contribution in [0.5, 0.6) is 0 Å². The Kier molecular flexibility index (Phi) is 7.58. The summed E-state index contributed by atoms with van der Waals surface area (Å²) < 4.78 is 5.35. The molecular weight excluding hydrogens is 148 g/mol. The Morgan fingerprint density at radius 3 is 2.25 bits per heavy atom. The molecule has 1 unspecified atom stereocenters. The Morgan fingerprint density at radius 1 is 1.17 bits per heavy atom. The molecule has 1 nitrogen and oxygen atoms in total. The van der Waals surface area contributed by atoms with Crippen LogP contribution < -0.4 is 0 Å². The van der Waals surface area contributed by atoms with Crippen LogP contribution in [-0.2, 0) is 4.74 Å². The summed E-state index contributed by atoms with van der Waals surface area (Å²) in [4.78, 5) is 0. The molecule has 12 heavy (non-hydrogen) atoms. The summed E-state index contributed by atoms with van der Waals surface area (Å²) in [5.74, 6) is 1.70. The van der Waals surface area contributed by atoms with E-state index in [-0.39, 0.29) is 0 Å². The van der Waals surface area contributed by atoms with Crippen molar-refractivity contribution in [3.05, 3.63) is 0 Å². The summed E-state index contributed by atoms with van der Waals surface area (Å²) in [7, 11) is 0. The van der Waals surface area contributed by atoms with E-state index in [1.165, 1.54) is 19.3 Å². The number of rotatable bonds is 7. The molecule has 0 aromatic rings. The largest absolute Gasteiger partial charge is 0.382 e. The predicted octanol–water partition coefficient (Wildman–Crippen LogP) is 3.49. The van der Waals surface area contributed by atoms with Gasteiger partial charge in [0.2, 0.25) is 0 Å². The summed E-state index contributed by atoms with van der Waals surface area (Å²) in [6.07, 6.45) is 3.89. The van der Waals surface area contributed by atoms with Gasteiger partial charge in [-0.1, -0.05) is 27.2 Å². The zero-order valence-electron chi connectivity index (χ0n) is 9.10. The smallest absolute Gasteiger partial charge is 0.0468 e. The normalized spacial score (nSPS) is 13.8. The highest BCUT2D eigenvalue weighted by molar-refractivity contribution is 4.59. The predicted molar refractivity (Wildman–Crippen MR) is 54.3 cm³/mol. The van der Waals surface area contributed by atoms with Crippen molar-refractivity contribution in [2.24, 2.45) is 11.8 Å². The van der Waals surface area contributed by atoms with Gasteiger partial charge in [0.1, 0.15) is 0 Å². The molecule has 0 aliphatic carbocycles. The van der Waals surface area contributed by atoms with Crippen molar-refractivity contribution in [2.45, 2.75) is 47.0 Å². The summed E-state index contributed by atoms with van der Waals surface area (Å²) in [5, 5.41) is 0. The molecule has 74 valence electrons. The van der Waals surface area contributed by atoms with Crippen LogP contribution >= 0.6 is 0 Å². The van der Waals surface area contributed by atoms with Crippen LogP contribution in [0.15, 0.2) is 0 Å². The maximum atomic E-state index is 5.35. The van der Waals surface area contributed by atoms with Gasteiger partial charge in [-0.3, -0.25) is 0 Å². The van der Waals surface area contributed by atoms with Crippen molar-refractivity contribution < 1.29 is 4.74 Å². The van der Waals surface area contributed by atoms with E-state index in [1.807, 2.05) is 0 Å². The van der Waals surface area contributed by atoms with Crippen LogP contribution in [0.1, 0.15) is 47.0 Å². The quantitative estimate of drug-likeness (QED) is 0.534. The minimum absolute atomic E-state index is 0.830. The molecule has 0 aliphatic heterocycles. The Balaban J connectivity index is 3.39. The van der Waals surface area contributed by atoms with Crippen LogP contribution in [0.4, 0.5) is 0 Å². The van der Waals surface area contributed by atoms with Crippen molar-refractivity contribution in [3.8, 4) is 0 Å². The fourth-order valence-electron chi connectivity index (χ4n) is 1.55. The third-order valence-electron chi connectivity index (χ3n) is 2.26. The molecule has 0 bridgehead atoms. The van der Waals surface area contributed by atoms with Gasteiger partial charge in [0.05, 0.1) is 0 Å². The monoisotopic (exact) mass is 172 g/mol. The first-order chi connectivity index (χ1) is 5.70. The Bertz CT molecular complexity index is 89.0. The van der Waals surface area contributed by atoms with E-state index < -0.39 is 0 Å². The molecule has 0 saturated heterocycles. The lowest BCUT2D eigenvalue weighted by molar-refractivity contribution is 0.127. The molecule has 0 heterocycles. The van der Waals surface area contributed by atoms with Crippen LogP contribution in [0, 0.1) is 11.8 Å². The van der Waals surface area contributed by atoms with Crippen LogP contribution in [-0.4, -0.2) is 13.2 Å². The number of ether oxygens (including phenoxy) is 1. The molecule has 0 radical (unpaired) electrons. The van der Waals surface area contributed by atoms with Crippen molar-refractivity contribution in [2.75, 3.05) is 13.2 Å². The van der Waals surface area contributed by atoms with Crippen molar-refractivity contribution in [3.63, 3.8) is 0 Å². The SMILES string of the molecule is CCOCCC(CC)CC(C)C. The highest BCUT2D eigenvalue weighted by Gasteiger charge is 2.07. The molecule has 0 spiro atoms. The molecule has 0 amide bonds. The molecule has 0 aliphatic rings. The molecule has 0 aromatic heterocycles. The van der Waals surface area contributed by atoms with Gasteiger partial charge in [0.15, 0.2) is 0 Å². The minimum Gasteiger partial charge on any atom is -0.382 e. The summed E-state index contributed by atoms with van der Waals surface area (Å²) >= 11 is 0. The average molecular weight is 172 g/mol. The Hall–Kier alpha value is -0.0400. The van der Waals surface area contributed by atoms with Gasteiger partial charge < -0.3 is 4.74 Å². The van der Waals surface area contributed by atoms with Crippen molar-refractivity contribution in [1.29, 1.82) is 0 Å². The lowest BCUT2D eigenvalue weighted by atomic mass is 9.92. The molecule has 1 heteroatoms. The number of hydrogen-bond acceptors (Lipinski definition) is 1. The lowest BCUT2D eigenvalue weighted by Crippen LogP contribution is -2.07. The standard InChI is InChI=1S/C11H24O/c1-5-11(9-10(3)4)7-8-12-6-2/h10-11H,5-9H2,1-4H3. The van der Waals surface area contributed by atoms with Crippen molar-refractivity contribution in [1.82, 2.24) is 0 Å².